The molecule has 2 aromatic carbocycles. The highest BCUT2D eigenvalue weighted by Crippen LogP contribution is 2.30. The lowest BCUT2D eigenvalue weighted by Gasteiger charge is -2.05. The van der Waals surface area contributed by atoms with Gasteiger partial charge in [-0.3, -0.25) is 4.79 Å². The van der Waals surface area contributed by atoms with Crippen molar-refractivity contribution < 1.29 is 14.3 Å². The van der Waals surface area contributed by atoms with Crippen molar-refractivity contribution in [2.75, 3.05) is 0 Å². The molecule has 3 rings (SSSR count). The number of hydrogen-bond acceptors (Lipinski definition) is 2. The van der Waals surface area contributed by atoms with Crippen molar-refractivity contribution >= 4 is 16.8 Å². The van der Waals surface area contributed by atoms with Gasteiger partial charge in [0.2, 0.25) is 5.88 Å². The maximum atomic E-state index is 13.9. The molecule has 3 aromatic rings. The molecule has 0 fully saturated rings. The Bertz CT molecular complexity index is 762. The number of hydrogen-bond donors (Lipinski definition) is 1. The molecule has 0 spiro atoms. The third kappa shape index (κ3) is 1.69. The summed E-state index contributed by atoms with van der Waals surface area (Å²) in [6, 6.07) is 14.9. The number of carbonyl (C=O) groups is 1. The van der Waals surface area contributed by atoms with Gasteiger partial charge in [-0.2, -0.15) is 0 Å². The number of para-hydroxylation sites is 1. The summed E-state index contributed by atoms with van der Waals surface area (Å²) in [7, 11) is 0. The molecule has 4 heteroatoms. The molecule has 0 aliphatic rings. The maximum absolute atomic E-state index is 13.9. The predicted molar refractivity (Wildman–Crippen MR) is 69.7 cm³/mol. The Balaban J connectivity index is 2.26. The molecule has 1 aromatic heterocycles. The van der Waals surface area contributed by atoms with Gasteiger partial charge < -0.3 is 5.11 Å². The van der Waals surface area contributed by atoms with Gasteiger partial charge in [-0.05, 0) is 24.3 Å². The number of aromatic hydroxyl groups is 1. The van der Waals surface area contributed by atoms with Crippen LogP contribution in [0.2, 0.25) is 0 Å². The van der Waals surface area contributed by atoms with Gasteiger partial charge in [0.25, 0.3) is 5.91 Å². The predicted octanol–water partition coefficient (Wildman–Crippen LogP) is 3.17. The maximum Gasteiger partial charge on any atom is 0.265 e. The Morgan fingerprint density at radius 3 is 2.37 bits per heavy atom. The largest absolute Gasteiger partial charge is 0.492 e. The molecule has 0 amide bonds. The standard InChI is InChI=1S/C15H10FNO2/c16-13-11-8-4-5-9-12(11)17(15(13)19)14(18)10-6-2-1-3-7-10/h1-9,19H. The second-order valence-corrected chi connectivity index (χ2v) is 4.16. The summed E-state index contributed by atoms with van der Waals surface area (Å²) in [5, 5.41) is 10.0. The van der Waals surface area contributed by atoms with Crippen molar-refractivity contribution in [2.45, 2.75) is 0 Å². The lowest BCUT2D eigenvalue weighted by atomic mass is 10.2. The molecular formula is C15H10FNO2. The average molecular weight is 255 g/mol. The summed E-state index contributed by atoms with van der Waals surface area (Å²) in [4.78, 5) is 12.3. The van der Waals surface area contributed by atoms with Gasteiger partial charge in [0, 0.05) is 10.9 Å². The van der Waals surface area contributed by atoms with E-state index in [1.807, 2.05) is 0 Å². The first-order chi connectivity index (χ1) is 9.20. The minimum atomic E-state index is -0.778. The molecule has 94 valence electrons. The normalized spacial score (nSPS) is 10.8. The van der Waals surface area contributed by atoms with Crippen molar-refractivity contribution in [3.05, 3.63) is 66.0 Å². The Morgan fingerprint density at radius 1 is 1.00 bits per heavy atom. The van der Waals surface area contributed by atoms with Crippen LogP contribution in [0, 0.1) is 5.82 Å². The highest BCUT2D eigenvalue weighted by molar-refractivity contribution is 6.03. The van der Waals surface area contributed by atoms with Gasteiger partial charge in [-0.25, -0.2) is 8.96 Å². The molecule has 19 heavy (non-hydrogen) atoms. The second-order valence-electron chi connectivity index (χ2n) is 4.16. The first-order valence-corrected chi connectivity index (χ1v) is 5.78. The summed E-state index contributed by atoms with van der Waals surface area (Å²) < 4.78 is 14.9. The lowest BCUT2D eigenvalue weighted by Crippen LogP contribution is -2.11. The third-order valence-electron chi connectivity index (χ3n) is 3.01. The highest BCUT2D eigenvalue weighted by atomic mass is 19.1. The van der Waals surface area contributed by atoms with Crippen molar-refractivity contribution in [3.8, 4) is 5.88 Å². The first-order valence-electron chi connectivity index (χ1n) is 5.78. The van der Waals surface area contributed by atoms with E-state index in [-0.39, 0.29) is 5.39 Å². The van der Waals surface area contributed by atoms with Crippen LogP contribution in [-0.4, -0.2) is 15.6 Å². The Hall–Kier alpha value is -2.62. The van der Waals surface area contributed by atoms with Crippen LogP contribution in [-0.2, 0) is 0 Å². The van der Waals surface area contributed by atoms with E-state index in [0.29, 0.717) is 11.1 Å². The van der Waals surface area contributed by atoms with Crippen molar-refractivity contribution in [2.24, 2.45) is 0 Å². The fourth-order valence-electron chi connectivity index (χ4n) is 2.10. The number of aromatic nitrogens is 1. The second kappa shape index (κ2) is 4.24. The summed E-state index contributed by atoms with van der Waals surface area (Å²) >= 11 is 0. The minimum absolute atomic E-state index is 0.226. The molecule has 0 aliphatic heterocycles. The van der Waals surface area contributed by atoms with E-state index >= 15 is 0 Å². The van der Waals surface area contributed by atoms with Gasteiger partial charge in [-0.1, -0.05) is 30.3 Å². The smallest absolute Gasteiger partial charge is 0.265 e. The number of rotatable bonds is 1. The van der Waals surface area contributed by atoms with Crippen molar-refractivity contribution in [1.29, 1.82) is 0 Å². The van der Waals surface area contributed by atoms with Crippen LogP contribution in [0.5, 0.6) is 5.88 Å². The van der Waals surface area contributed by atoms with E-state index in [0.717, 1.165) is 4.57 Å². The van der Waals surface area contributed by atoms with E-state index in [1.165, 1.54) is 6.07 Å². The molecule has 0 saturated carbocycles. The Labute approximate surface area is 108 Å². The van der Waals surface area contributed by atoms with Gasteiger partial charge >= 0.3 is 0 Å². The molecule has 1 heterocycles. The van der Waals surface area contributed by atoms with Crippen LogP contribution >= 0.6 is 0 Å². The zero-order valence-corrected chi connectivity index (χ0v) is 9.88. The number of nitrogens with zero attached hydrogens (tertiary/aromatic N) is 1. The van der Waals surface area contributed by atoms with E-state index in [1.54, 1.807) is 48.5 Å². The van der Waals surface area contributed by atoms with Crippen LogP contribution < -0.4 is 0 Å². The number of halogens is 1. The lowest BCUT2D eigenvalue weighted by molar-refractivity contribution is 0.0955. The average Bonchev–Trinajstić information content (AvgIpc) is 2.72. The molecule has 3 nitrogen and oxygen atoms in total. The SMILES string of the molecule is O=C(c1ccccc1)n1c(O)c(F)c2ccccc21. The molecular weight excluding hydrogens is 245 g/mol. The third-order valence-corrected chi connectivity index (χ3v) is 3.01. The quantitative estimate of drug-likeness (QED) is 0.725. The monoisotopic (exact) mass is 255 g/mol. The zero-order chi connectivity index (χ0) is 13.4. The van der Waals surface area contributed by atoms with E-state index in [9.17, 15) is 14.3 Å². The van der Waals surface area contributed by atoms with E-state index in [2.05, 4.69) is 0 Å². The van der Waals surface area contributed by atoms with Crippen LogP contribution in [0.3, 0.4) is 0 Å². The summed E-state index contributed by atoms with van der Waals surface area (Å²) in [5.41, 5.74) is 0.741. The molecule has 0 unspecified atom stereocenters. The number of benzene rings is 2. The molecule has 0 radical (unpaired) electrons. The molecule has 0 bridgehead atoms. The molecule has 1 N–H and O–H groups in total. The molecule has 0 saturated heterocycles. The fraction of sp³-hybridized carbons (Fsp3) is 0. The van der Waals surface area contributed by atoms with Gasteiger partial charge in [0.1, 0.15) is 0 Å². The summed E-state index contributed by atoms with van der Waals surface area (Å²) in [5.74, 6) is -1.90. The summed E-state index contributed by atoms with van der Waals surface area (Å²) in [6.45, 7) is 0. The van der Waals surface area contributed by atoms with Gasteiger partial charge in [0.05, 0.1) is 5.52 Å². The fourth-order valence-corrected chi connectivity index (χ4v) is 2.10. The van der Waals surface area contributed by atoms with Crippen LogP contribution in [0.4, 0.5) is 4.39 Å². The van der Waals surface area contributed by atoms with Gasteiger partial charge in [-0.15, -0.1) is 0 Å². The Morgan fingerprint density at radius 2 is 1.63 bits per heavy atom. The topological polar surface area (TPSA) is 42.2 Å². The Kier molecular flexibility index (Phi) is 2.56. The number of carbonyl (C=O) groups excluding carboxylic acids is 1. The van der Waals surface area contributed by atoms with Crippen LogP contribution in [0.1, 0.15) is 10.4 Å². The van der Waals surface area contributed by atoms with Crippen LogP contribution in [0.25, 0.3) is 10.9 Å². The van der Waals surface area contributed by atoms with Crippen molar-refractivity contribution in [1.82, 2.24) is 4.57 Å². The summed E-state index contributed by atoms with van der Waals surface area (Å²) in [6.07, 6.45) is 0. The number of fused-ring (bicyclic) bond motifs is 1. The highest BCUT2D eigenvalue weighted by Gasteiger charge is 2.21. The van der Waals surface area contributed by atoms with Gasteiger partial charge in [0.15, 0.2) is 5.82 Å². The van der Waals surface area contributed by atoms with Crippen molar-refractivity contribution in [3.63, 3.8) is 0 Å². The van der Waals surface area contributed by atoms with Crippen LogP contribution in [0.15, 0.2) is 54.6 Å². The molecule has 0 aliphatic carbocycles. The first kappa shape index (κ1) is 11.5. The van der Waals surface area contributed by atoms with E-state index in [4.69, 9.17) is 0 Å². The molecule has 0 atom stereocenters. The minimum Gasteiger partial charge on any atom is -0.492 e. The van der Waals surface area contributed by atoms with E-state index < -0.39 is 17.6 Å². The zero-order valence-electron chi connectivity index (χ0n) is 9.88.